The molecule has 0 aliphatic rings. The molecule has 0 aliphatic heterocycles. The second-order valence-corrected chi connectivity index (χ2v) is 4.51. The molecule has 0 saturated heterocycles. The van der Waals surface area contributed by atoms with Gasteiger partial charge in [-0.3, -0.25) is 4.99 Å². The molecule has 0 aliphatic carbocycles. The first kappa shape index (κ1) is 14.2. The maximum Gasteiger partial charge on any atom is 0.0848 e. The van der Waals surface area contributed by atoms with Crippen LogP contribution >= 0.6 is 0 Å². The van der Waals surface area contributed by atoms with Gasteiger partial charge >= 0.3 is 0 Å². The molecule has 2 heteroatoms. The van der Waals surface area contributed by atoms with E-state index in [1.54, 1.807) is 0 Å². The van der Waals surface area contributed by atoms with E-state index in [4.69, 9.17) is 5.73 Å². The van der Waals surface area contributed by atoms with Crippen molar-refractivity contribution in [2.45, 2.75) is 34.1 Å². The van der Waals surface area contributed by atoms with E-state index >= 15 is 0 Å². The zero-order chi connectivity index (χ0) is 13.7. The molecule has 0 unspecified atom stereocenters. The third-order valence-corrected chi connectivity index (χ3v) is 2.96. The second-order valence-electron chi connectivity index (χ2n) is 4.51. The molecule has 0 radical (unpaired) electrons. The molecule has 0 aromatic heterocycles. The summed E-state index contributed by atoms with van der Waals surface area (Å²) in [4.78, 5) is 4.62. The molecule has 0 atom stereocenters. The van der Waals surface area contributed by atoms with E-state index in [0.717, 1.165) is 39.5 Å². The normalized spacial score (nSPS) is 15.2. The lowest BCUT2D eigenvalue weighted by Gasteiger charge is -2.07. The Kier molecular flexibility index (Phi) is 4.90. The average molecular weight is 242 g/mol. The fraction of sp³-hybridized carbons (Fsp3) is 0.312. The highest BCUT2D eigenvalue weighted by molar-refractivity contribution is 5.84. The molecule has 0 amide bonds. The maximum atomic E-state index is 5.96. The molecule has 1 aromatic rings. The van der Waals surface area contributed by atoms with Crippen LogP contribution in [0, 0.1) is 0 Å². The van der Waals surface area contributed by atoms with E-state index in [1.165, 1.54) is 0 Å². The van der Waals surface area contributed by atoms with Crippen LogP contribution in [0.5, 0.6) is 0 Å². The number of nitrogens with zero attached hydrogens (tertiary/aromatic N) is 1. The van der Waals surface area contributed by atoms with Crippen LogP contribution < -0.4 is 16.2 Å². The molecule has 2 nitrogen and oxygen atoms in total. The van der Waals surface area contributed by atoms with E-state index in [9.17, 15) is 0 Å². The van der Waals surface area contributed by atoms with E-state index in [1.807, 2.05) is 39.0 Å². The van der Waals surface area contributed by atoms with E-state index in [-0.39, 0.29) is 0 Å². The summed E-state index contributed by atoms with van der Waals surface area (Å²) < 4.78 is 0. The Hall–Kier alpha value is -1.83. The first-order valence-corrected chi connectivity index (χ1v) is 6.23. The molecule has 96 valence electrons. The summed E-state index contributed by atoms with van der Waals surface area (Å²) in [6.07, 6.45) is 0.927. The van der Waals surface area contributed by atoms with Gasteiger partial charge in [-0.05, 0) is 43.2 Å². The highest BCUT2D eigenvalue weighted by Gasteiger charge is 2.03. The molecular formula is C16H22N2. The third-order valence-electron chi connectivity index (χ3n) is 2.96. The third kappa shape index (κ3) is 3.33. The number of allylic oxidation sites excluding steroid dienone is 2. The van der Waals surface area contributed by atoms with Crippen molar-refractivity contribution in [1.29, 1.82) is 0 Å². The number of rotatable bonds is 3. The molecule has 0 heterocycles. The average Bonchev–Trinajstić information content (AvgIpc) is 2.35. The van der Waals surface area contributed by atoms with Crippen molar-refractivity contribution in [2.24, 2.45) is 10.7 Å². The molecule has 0 bridgehead atoms. The molecule has 1 aromatic carbocycles. The van der Waals surface area contributed by atoms with Gasteiger partial charge in [0, 0.05) is 11.4 Å². The Morgan fingerprint density at radius 2 is 1.83 bits per heavy atom. The Balaban J connectivity index is 3.53. The van der Waals surface area contributed by atoms with Gasteiger partial charge in [0.2, 0.25) is 0 Å². The van der Waals surface area contributed by atoms with E-state index < -0.39 is 0 Å². The van der Waals surface area contributed by atoms with Crippen LogP contribution in [0.25, 0.3) is 12.2 Å². The Bertz CT molecular complexity index is 588. The van der Waals surface area contributed by atoms with Gasteiger partial charge in [0.05, 0.1) is 5.70 Å². The Morgan fingerprint density at radius 3 is 2.33 bits per heavy atom. The summed E-state index contributed by atoms with van der Waals surface area (Å²) >= 11 is 0. The van der Waals surface area contributed by atoms with Crippen molar-refractivity contribution in [2.75, 3.05) is 0 Å². The van der Waals surface area contributed by atoms with Crippen LogP contribution in [-0.2, 0) is 0 Å². The van der Waals surface area contributed by atoms with Gasteiger partial charge in [-0.2, -0.15) is 0 Å². The number of hydrogen-bond acceptors (Lipinski definition) is 2. The lowest BCUT2D eigenvalue weighted by Crippen LogP contribution is -2.25. The summed E-state index contributed by atoms with van der Waals surface area (Å²) in [7, 11) is 0. The maximum absolute atomic E-state index is 5.96. The van der Waals surface area contributed by atoms with Crippen LogP contribution in [0.3, 0.4) is 0 Å². The van der Waals surface area contributed by atoms with Crippen LogP contribution in [0.15, 0.2) is 40.7 Å². The minimum atomic E-state index is 0.739. The first-order chi connectivity index (χ1) is 8.47. The van der Waals surface area contributed by atoms with Crippen molar-refractivity contribution in [3.05, 3.63) is 46.1 Å². The Morgan fingerprint density at radius 1 is 1.22 bits per heavy atom. The number of aliphatic imine (C=N–C) groups is 1. The molecule has 18 heavy (non-hydrogen) atoms. The molecule has 0 fully saturated rings. The fourth-order valence-corrected chi connectivity index (χ4v) is 1.75. The van der Waals surface area contributed by atoms with Crippen LogP contribution in [0.2, 0.25) is 0 Å². The highest BCUT2D eigenvalue weighted by Crippen LogP contribution is 2.13. The first-order valence-electron chi connectivity index (χ1n) is 6.23. The van der Waals surface area contributed by atoms with Gasteiger partial charge in [0.15, 0.2) is 0 Å². The zero-order valence-corrected chi connectivity index (χ0v) is 11.7. The monoisotopic (exact) mass is 242 g/mol. The summed E-state index contributed by atoms with van der Waals surface area (Å²) in [5.74, 6) is 0. The number of benzene rings is 1. The topological polar surface area (TPSA) is 38.4 Å². The summed E-state index contributed by atoms with van der Waals surface area (Å²) in [6.45, 7) is 12.1. The predicted octanol–water partition coefficient (Wildman–Crippen LogP) is 2.33. The molecule has 0 spiro atoms. The van der Waals surface area contributed by atoms with Gasteiger partial charge in [-0.25, -0.2) is 0 Å². The van der Waals surface area contributed by atoms with Crippen LogP contribution in [0.4, 0.5) is 0 Å². The van der Waals surface area contributed by atoms with Gasteiger partial charge < -0.3 is 5.73 Å². The molecule has 2 N–H and O–H groups in total. The summed E-state index contributed by atoms with van der Waals surface area (Å²) in [6, 6.07) is 8.04. The minimum Gasteiger partial charge on any atom is -0.401 e. The SMILES string of the molecule is C=c1cccc/c1=C(C)/C(/N=C(\C)CC)=C(\C)N. The van der Waals surface area contributed by atoms with Gasteiger partial charge in [-0.1, -0.05) is 37.8 Å². The van der Waals surface area contributed by atoms with Crippen LogP contribution in [-0.4, -0.2) is 5.71 Å². The fourth-order valence-electron chi connectivity index (χ4n) is 1.75. The smallest absolute Gasteiger partial charge is 0.0848 e. The second kappa shape index (κ2) is 6.20. The lowest BCUT2D eigenvalue weighted by molar-refractivity contribution is 1.17. The minimum absolute atomic E-state index is 0.739. The van der Waals surface area contributed by atoms with Crippen molar-refractivity contribution >= 4 is 17.9 Å². The van der Waals surface area contributed by atoms with Gasteiger partial charge in [0.25, 0.3) is 0 Å². The van der Waals surface area contributed by atoms with Crippen molar-refractivity contribution in [3.8, 4) is 0 Å². The highest BCUT2D eigenvalue weighted by atomic mass is 14.8. The molecular weight excluding hydrogens is 220 g/mol. The number of nitrogens with two attached hydrogens (primary N) is 1. The van der Waals surface area contributed by atoms with Crippen molar-refractivity contribution in [1.82, 2.24) is 0 Å². The Labute approximate surface area is 109 Å². The quantitative estimate of drug-likeness (QED) is 0.812. The standard InChI is InChI=1S/C16H22N2/c1-6-12(3)18-16(14(5)17)13(4)15-10-8-7-9-11(15)2/h7-10H,2,6,17H2,1,3-5H3/b15-13-,16-14-,18-12+. The largest absolute Gasteiger partial charge is 0.401 e. The van der Waals surface area contributed by atoms with E-state index in [2.05, 4.69) is 24.6 Å². The predicted molar refractivity (Wildman–Crippen MR) is 80.6 cm³/mol. The summed E-state index contributed by atoms with van der Waals surface area (Å²) in [5.41, 5.74) is 9.72. The lowest BCUT2D eigenvalue weighted by atomic mass is 10.1. The van der Waals surface area contributed by atoms with E-state index in [0.29, 0.717) is 0 Å². The summed E-state index contributed by atoms with van der Waals surface area (Å²) in [5, 5.41) is 2.10. The van der Waals surface area contributed by atoms with Gasteiger partial charge in [0.1, 0.15) is 0 Å². The van der Waals surface area contributed by atoms with Crippen molar-refractivity contribution in [3.63, 3.8) is 0 Å². The van der Waals surface area contributed by atoms with Crippen molar-refractivity contribution < 1.29 is 0 Å². The van der Waals surface area contributed by atoms with Gasteiger partial charge in [-0.15, -0.1) is 0 Å². The number of hydrogen-bond donors (Lipinski definition) is 1. The zero-order valence-electron chi connectivity index (χ0n) is 11.7. The van der Waals surface area contributed by atoms with Crippen LogP contribution in [0.1, 0.15) is 34.1 Å². The molecule has 1 rings (SSSR count). The molecule has 0 saturated carbocycles.